The van der Waals surface area contributed by atoms with E-state index >= 15 is 0 Å². The first-order valence-electron chi connectivity index (χ1n) is 9.80. The van der Waals surface area contributed by atoms with Crippen molar-refractivity contribution < 1.29 is 14.3 Å². The first kappa shape index (κ1) is 20.0. The van der Waals surface area contributed by atoms with Crippen molar-refractivity contribution in [3.63, 3.8) is 0 Å². The molecule has 1 saturated heterocycles. The highest BCUT2D eigenvalue weighted by Gasteiger charge is 2.24. The van der Waals surface area contributed by atoms with Crippen LogP contribution in [0.15, 0.2) is 30.6 Å². The molecule has 7 nitrogen and oxygen atoms in total. The Labute approximate surface area is 166 Å². The van der Waals surface area contributed by atoms with Gasteiger partial charge in [0.2, 0.25) is 0 Å². The Morgan fingerprint density at radius 1 is 1.25 bits per heavy atom. The van der Waals surface area contributed by atoms with Crippen molar-refractivity contribution >= 4 is 11.7 Å². The van der Waals surface area contributed by atoms with Gasteiger partial charge in [-0.2, -0.15) is 0 Å². The van der Waals surface area contributed by atoms with Crippen LogP contribution in [0.25, 0.3) is 0 Å². The predicted octanol–water partition coefficient (Wildman–Crippen LogP) is 3.97. The number of nitrogens with zero attached hydrogens (tertiary/aromatic N) is 3. The van der Waals surface area contributed by atoms with Gasteiger partial charge in [0.05, 0.1) is 19.9 Å². The molecular weight excluding hydrogens is 356 g/mol. The zero-order chi connectivity index (χ0) is 20.1. The SMILES string of the molecule is COc1ccc(NC(=O)N2CCC(Cn3ccnc3C(C)C)CC2)c(OC)c1. The van der Waals surface area contributed by atoms with Gasteiger partial charge in [-0.25, -0.2) is 9.78 Å². The van der Waals surface area contributed by atoms with E-state index < -0.39 is 0 Å². The molecule has 7 heteroatoms. The van der Waals surface area contributed by atoms with E-state index in [9.17, 15) is 4.79 Å². The Balaban J connectivity index is 1.55. The van der Waals surface area contributed by atoms with Gasteiger partial charge in [0.25, 0.3) is 0 Å². The first-order valence-corrected chi connectivity index (χ1v) is 9.80. The van der Waals surface area contributed by atoms with Crippen LogP contribution < -0.4 is 14.8 Å². The number of benzene rings is 1. The molecule has 1 aliphatic heterocycles. The highest BCUT2D eigenvalue weighted by molar-refractivity contribution is 5.91. The van der Waals surface area contributed by atoms with Gasteiger partial charge in [0.15, 0.2) is 0 Å². The van der Waals surface area contributed by atoms with Gasteiger partial charge < -0.3 is 24.3 Å². The van der Waals surface area contributed by atoms with Crippen LogP contribution in [0.3, 0.4) is 0 Å². The molecule has 0 atom stereocenters. The maximum Gasteiger partial charge on any atom is 0.321 e. The van der Waals surface area contributed by atoms with Gasteiger partial charge in [-0.1, -0.05) is 13.8 Å². The average Bonchev–Trinajstić information content (AvgIpc) is 3.17. The van der Waals surface area contributed by atoms with E-state index in [0.29, 0.717) is 29.0 Å². The fourth-order valence-electron chi connectivity index (χ4n) is 3.67. The molecule has 2 aromatic rings. The highest BCUT2D eigenvalue weighted by atomic mass is 16.5. The van der Waals surface area contributed by atoms with E-state index in [2.05, 4.69) is 34.9 Å². The number of likely N-dealkylation sites (tertiary alicyclic amines) is 1. The molecule has 2 heterocycles. The van der Waals surface area contributed by atoms with Crippen molar-refractivity contribution in [2.24, 2.45) is 5.92 Å². The van der Waals surface area contributed by atoms with Gasteiger partial charge in [-0.15, -0.1) is 0 Å². The summed E-state index contributed by atoms with van der Waals surface area (Å²) >= 11 is 0. The number of hydrogen-bond acceptors (Lipinski definition) is 4. The number of anilines is 1. The maximum absolute atomic E-state index is 12.7. The normalized spacial score (nSPS) is 15.0. The predicted molar refractivity (Wildman–Crippen MR) is 109 cm³/mol. The van der Waals surface area contributed by atoms with Gasteiger partial charge in [0, 0.05) is 44.0 Å². The summed E-state index contributed by atoms with van der Waals surface area (Å²) in [5.41, 5.74) is 0.649. The van der Waals surface area contributed by atoms with Crippen molar-refractivity contribution in [3.05, 3.63) is 36.4 Å². The molecule has 0 aliphatic carbocycles. The lowest BCUT2D eigenvalue weighted by Crippen LogP contribution is -2.41. The molecule has 0 radical (unpaired) electrons. The van der Waals surface area contributed by atoms with E-state index in [0.717, 1.165) is 38.3 Å². The molecule has 0 spiro atoms. The Kier molecular flexibility index (Phi) is 6.44. The van der Waals surface area contributed by atoms with Crippen LogP contribution in [0.2, 0.25) is 0 Å². The van der Waals surface area contributed by atoms with E-state index in [-0.39, 0.29) is 6.03 Å². The second-order valence-electron chi connectivity index (χ2n) is 7.52. The lowest BCUT2D eigenvalue weighted by atomic mass is 9.96. The van der Waals surface area contributed by atoms with Gasteiger partial charge in [-0.3, -0.25) is 0 Å². The van der Waals surface area contributed by atoms with Crippen molar-refractivity contribution in [2.75, 3.05) is 32.6 Å². The van der Waals surface area contributed by atoms with E-state index in [4.69, 9.17) is 9.47 Å². The van der Waals surface area contributed by atoms with Crippen molar-refractivity contribution in [1.29, 1.82) is 0 Å². The number of amides is 2. The van der Waals surface area contributed by atoms with Crippen molar-refractivity contribution in [2.45, 2.75) is 39.2 Å². The summed E-state index contributed by atoms with van der Waals surface area (Å²) in [5.74, 6) is 3.39. The van der Waals surface area contributed by atoms with Crippen LogP contribution in [0.1, 0.15) is 38.4 Å². The van der Waals surface area contributed by atoms with E-state index in [1.165, 1.54) is 0 Å². The van der Waals surface area contributed by atoms with Gasteiger partial charge in [-0.05, 0) is 30.9 Å². The molecule has 1 aliphatic rings. The third-order valence-corrected chi connectivity index (χ3v) is 5.27. The summed E-state index contributed by atoms with van der Waals surface area (Å²) in [6, 6.07) is 5.28. The summed E-state index contributed by atoms with van der Waals surface area (Å²) in [4.78, 5) is 19.0. The Bertz CT molecular complexity index is 795. The molecule has 0 saturated carbocycles. The number of urea groups is 1. The monoisotopic (exact) mass is 386 g/mol. The minimum absolute atomic E-state index is 0.0904. The number of aromatic nitrogens is 2. The summed E-state index contributed by atoms with van der Waals surface area (Å²) in [6.45, 7) is 6.80. The van der Waals surface area contributed by atoms with Gasteiger partial charge in [0.1, 0.15) is 17.3 Å². The fourth-order valence-corrected chi connectivity index (χ4v) is 3.67. The average molecular weight is 386 g/mol. The summed E-state index contributed by atoms with van der Waals surface area (Å²) in [7, 11) is 3.18. The molecular formula is C21H30N4O3. The van der Waals surface area contributed by atoms with Crippen LogP contribution in [0.4, 0.5) is 10.5 Å². The molecule has 152 valence electrons. The number of hydrogen-bond donors (Lipinski definition) is 1. The minimum atomic E-state index is -0.0904. The van der Waals surface area contributed by atoms with Crippen LogP contribution in [-0.4, -0.2) is 47.8 Å². The third-order valence-electron chi connectivity index (χ3n) is 5.27. The Morgan fingerprint density at radius 3 is 2.64 bits per heavy atom. The molecule has 28 heavy (non-hydrogen) atoms. The maximum atomic E-state index is 12.7. The number of ether oxygens (including phenoxy) is 2. The molecule has 1 N–H and O–H groups in total. The second-order valence-corrected chi connectivity index (χ2v) is 7.52. The molecule has 1 aromatic heterocycles. The van der Waals surface area contributed by atoms with Crippen LogP contribution in [0.5, 0.6) is 11.5 Å². The zero-order valence-corrected chi connectivity index (χ0v) is 17.1. The van der Waals surface area contributed by atoms with E-state index in [1.54, 1.807) is 26.4 Å². The quantitative estimate of drug-likeness (QED) is 0.816. The number of imidazole rings is 1. The third kappa shape index (κ3) is 4.58. The van der Waals surface area contributed by atoms with Crippen LogP contribution >= 0.6 is 0 Å². The largest absolute Gasteiger partial charge is 0.497 e. The fraction of sp³-hybridized carbons (Fsp3) is 0.524. The van der Waals surface area contributed by atoms with Gasteiger partial charge >= 0.3 is 6.03 Å². The summed E-state index contributed by atoms with van der Waals surface area (Å²) < 4.78 is 12.8. The van der Waals surface area contributed by atoms with Crippen molar-refractivity contribution in [1.82, 2.24) is 14.5 Å². The Hall–Kier alpha value is -2.70. The summed E-state index contributed by atoms with van der Waals surface area (Å²) in [5, 5.41) is 2.96. The van der Waals surface area contributed by atoms with Crippen molar-refractivity contribution in [3.8, 4) is 11.5 Å². The number of nitrogens with one attached hydrogen (secondary N) is 1. The van der Waals surface area contributed by atoms with E-state index in [1.807, 2.05) is 17.2 Å². The number of rotatable bonds is 6. The molecule has 2 amide bonds. The first-order chi connectivity index (χ1) is 13.5. The molecule has 3 rings (SSSR count). The second kappa shape index (κ2) is 8.99. The number of methoxy groups -OCH3 is 2. The van der Waals surface area contributed by atoms with Crippen LogP contribution in [-0.2, 0) is 6.54 Å². The lowest BCUT2D eigenvalue weighted by molar-refractivity contribution is 0.176. The molecule has 0 bridgehead atoms. The topological polar surface area (TPSA) is 68.6 Å². The highest BCUT2D eigenvalue weighted by Crippen LogP contribution is 2.30. The molecule has 1 aromatic carbocycles. The Morgan fingerprint density at radius 2 is 2.00 bits per heavy atom. The number of piperidine rings is 1. The minimum Gasteiger partial charge on any atom is -0.497 e. The standard InChI is InChI=1S/C21H30N4O3/c1-15(2)20-22-9-12-25(20)14-16-7-10-24(11-8-16)21(26)23-18-6-5-17(27-3)13-19(18)28-4/h5-6,9,12-13,15-16H,7-8,10-11,14H2,1-4H3,(H,23,26). The smallest absolute Gasteiger partial charge is 0.321 e. The summed E-state index contributed by atoms with van der Waals surface area (Å²) in [6.07, 6.45) is 5.91. The number of carbonyl (C=O) groups is 1. The number of carbonyl (C=O) groups excluding carboxylic acids is 1. The van der Waals surface area contributed by atoms with Crippen LogP contribution in [0, 0.1) is 5.92 Å². The molecule has 1 fully saturated rings. The lowest BCUT2D eigenvalue weighted by Gasteiger charge is -2.32. The molecule has 0 unspecified atom stereocenters. The zero-order valence-electron chi connectivity index (χ0n) is 17.1.